The second-order valence-corrected chi connectivity index (χ2v) is 6.92. The molecule has 9 heteroatoms. The minimum Gasteiger partial charge on any atom is -0.497 e. The molecule has 2 aromatic heterocycles. The molecule has 0 fully saturated rings. The van der Waals surface area contributed by atoms with Crippen LogP contribution in [0.3, 0.4) is 0 Å². The Morgan fingerprint density at radius 3 is 2.64 bits per heavy atom. The first-order chi connectivity index (χ1) is 16.0. The van der Waals surface area contributed by atoms with Gasteiger partial charge in [-0.05, 0) is 42.5 Å². The first kappa shape index (κ1) is 21.4. The number of ether oxygens (including phenoxy) is 1. The Hall–Kier alpha value is -4.79. The number of nitrogens with two attached hydrogens (primary N) is 1. The highest BCUT2D eigenvalue weighted by atomic mass is 16.5. The molecular weight excluding hydrogens is 420 g/mol. The van der Waals surface area contributed by atoms with Gasteiger partial charge in [0.15, 0.2) is 0 Å². The van der Waals surface area contributed by atoms with Crippen molar-refractivity contribution in [1.29, 1.82) is 0 Å². The van der Waals surface area contributed by atoms with Crippen LogP contribution in [0.25, 0.3) is 22.2 Å². The van der Waals surface area contributed by atoms with Gasteiger partial charge in [0, 0.05) is 23.2 Å². The molecule has 0 unspecified atom stereocenters. The van der Waals surface area contributed by atoms with Crippen LogP contribution in [0.1, 0.15) is 10.4 Å². The molecule has 0 spiro atoms. The van der Waals surface area contributed by atoms with Gasteiger partial charge in [0.2, 0.25) is 5.91 Å². The summed E-state index contributed by atoms with van der Waals surface area (Å²) in [6.45, 7) is 3.45. The first-order valence-electron chi connectivity index (χ1n) is 9.89. The third kappa shape index (κ3) is 4.33. The minimum atomic E-state index is -0.535. The predicted octanol–water partition coefficient (Wildman–Crippen LogP) is 3.66. The van der Waals surface area contributed by atoms with E-state index in [0.29, 0.717) is 28.3 Å². The monoisotopic (exact) mass is 440 g/mol. The second-order valence-electron chi connectivity index (χ2n) is 6.92. The molecule has 4 aromatic rings. The lowest BCUT2D eigenvalue weighted by Crippen LogP contribution is -2.19. The molecule has 0 aliphatic carbocycles. The van der Waals surface area contributed by atoms with Crippen LogP contribution < -0.4 is 21.1 Å². The Morgan fingerprint density at radius 1 is 1.06 bits per heavy atom. The summed E-state index contributed by atoms with van der Waals surface area (Å²) in [5.74, 6) is -0.0213. The van der Waals surface area contributed by atoms with E-state index in [1.165, 1.54) is 6.33 Å². The van der Waals surface area contributed by atoms with Gasteiger partial charge in [-0.1, -0.05) is 12.6 Å². The maximum atomic E-state index is 13.2. The fraction of sp³-hybridized carbons (Fsp3) is 0.0417. The van der Waals surface area contributed by atoms with E-state index in [1.54, 1.807) is 55.8 Å². The Bertz CT molecular complexity index is 1370. The second kappa shape index (κ2) is 9.15. The van der Waals surface area contributed by atoms with Crippen molar-refractivity contribution in [3.8, 4) is 17.0 Å². The molecule has 0 bridgehead atoms. The van der Waals surface area contributed by atoms with Gasteiger partial charge in [0.05, 0.1) is 35.3 Å². The van der Waals surface area contributed by atoms with Crippen molar-refractivity contribution in [1.82, 2.24) is 15.0 Å². The molecule has 4 rings (SSSR count). The molecule has 0 saturated carbocycles. The molecule has 0 aliphatic heterocycles. The van der Waals surface area contributed by atoms with Gasteiger partial charge in [0.1, 0.15) is 17.9 Å². The van der Waals surface area contributed by atoms with E-state index in [0.717, 1.165) is 11.5 Å². The summed E-state index contributed by atoms with van der Waals surface area (Å²) >= 11 is 0. The average molecular weight is 440 g/mol. The zero-order chi connectivity index (χ0) is 23.4. The number of anilines is 3. The van der Waals surface area contributed by atoms with Crippen molar-refractivity contribution in [2.45, 2.75) is 0 Å². The lowest BCUT2D eigenvalue weighted by Gasteiger charge is -2.16. The molecule has 0 saturated heterocycles. The summed E-state index contributed by atoms with van der Waals surface area (Å²) in [6.07, 6.45) is 4.07. The number of fused-ring (bicyclic) bond motifs is 1. The van der Waals surface area contributed by atoms with Crippen LogP contribution in [0.2, 0.25) is 0 Å². The Labute approximate surface area is 189 Å². The molecule has 2 aromatic carbocycles. The third-order valence-corrected chi connectivity index (χ3v) is 4.92. The molecule has 2 amide bonds. The quantitative estimate of drug-likeness (QED) is 0.308. The van der Waals surface area contributed by atoms with E-state index < -0.39 is 11.8 Å². The van der Waals surface area contributed by atoms with Gasteiger partial charge in [-0.3, -0.25) is 9.59 Å². The Morgan fingerprint density at radius 2 is 1.91 bits per heavy atom. The van der Waals surface area contributed by atoms with Crippen molar-refractivity contribution >= 4 is 39.9 Å². The van der Waals surface area contributed by atoms with Gasteiger partial charge in [-0.15, -0.1) is 0 Å². The number of rotatable bonds is 6. The van der Waals surface area contributed by atoms with Crippen molar-refractivity contribution in [2.75, 3.05) is 23.5 Å². The van der Waals surface area contributed by atoms with E-state index in [4.69, 9.17) is 10.5 Å². The SMILES string of the molecule is C=CC(=O)Nc1ccc(-c2ncnc3cc(OC)ccc23)c(N)c1C(=O)Nc1ccccn1. The van der Waals surface area contributed by atoms with Crippen molar-refractivity contribution in [3.05, 3.63) is 79.3 Å². The third-order valence-electron chi connectivity index (χ3n) is 4.92. The fourth-order valence-electron chi connectivity index (χ4n) is 3.35. The normalized spacial score (nSPS) is 10.5. The number of benzene rings is 2. The smallest absolute Gasteiger partial charge is 0.261 e. The van der Waals surface area contributed by atoms with Gasteiger partial charge in [-0.2, -0.15) is 0 Å². The summed E-state index contributed by atoms with van der Waals surface area (Å²) in [5, 5.41) is 6.06. The van der Waals surface area contributed by atoms with Crippen LogP contribution in [0.15, 0.2) is 73.7 Å². The Balaban J connectivity index is 1.86. The number of carbonyl (C=O) groups excluding carboxylic acids is 2. The van der Waals surface area contributed by atoms with Crippen LogP contribution in [-0.4, -0.2) is 33.9 Å². The van der Waals surface area contributed by atoms with Crippen LogP contribution in [-0.2, 0) is 4.79 Å². The number of pyridine rings is 1. The Kier molecular flexibility index (Phi) is 5.94. The lowest BCUT2D eigenvalue weighted by atomic mass is 9.99. The molecule has 2 heterocycles. The van der Waals surface area contributed by atoms with E-state index >= 15 is 0 Å². The summed E-state index contributed by atoms with van der Waals surface area (Å²) in [7, 11) is 1.57. The topological polar surface area (TPSA) is 132 Å². The van der Waals surface area contributed by atoms with E-state index in [2.05, 4.69) is 32.2 Å². The summed E-state index contributed by atoms with van der Waals surface area (Å²) in [6, 6.07) is 13.8. The molecule has 4 N–H and O–H groups in total. The summed E-state index contributed by atoms with van der Waals surface area (Å²) in [5.41, 5.74) is 8.64. The largest absolute Gasteiger partial charge is 0.497 e. The molecule has 164 valence electrons. The number of methoxy groups -OCH3 is 1. The highest BCUT2D eigenvalue weighted by Gasteiger charge is 2.22. The van der Waals surface area contributed by atoms with Crippen LogP contribution in [0, 0.1) is 0 Å². The molecular formula is C24H20N6O3. The highest BCUT2D eigenvalue weighted by molar-refractivity contribution is 6.16. The highest BCUT2D eigenvalue weighted by Crippen LogP contribution is 2.36. The average Bonchev–Trinajstić information content (AvgIpc) is 2.84. The van der Waals surface area contributed by atoms with Crippen LogP contribution in [0.4, 0.5) is 17.2 Å². The zero-order valence-electron chi connectivity index (χ0n) is 17.7. The number of amides is 2. The number of nitrogen functional groups attached to an aromatic ring is 1. The predicted molar refractivity (Wildman–Crippen MR) is 127 cm³/mol. The van der Waals surface area contributed by atoms with Gasteiger partial charge in [-0.25, -0.2) is 15.0 Å². The van der Waals surface area contributed by atoms with Gasteiger partial charge >= 0.3 is 0 Å². The summed E-state index contributed by atoms with van der Waals surface area (Å²) < 4.78 is 5.27. The van der Waals surface area contributed by atoms with E-state index in [9.17, 15) is 9.59 Å². The summed E-state index contributed by atoms with van der Waals surface area (Å²) in [4.78, 5) is 38.0. The van der Waals surface area contributed by atoms with Crippen molar-refractivity contribution < 1.29 is 14.3 Å². The van der Waals surface area contributed by atoms with Gasteiger partial charge < -0.3 is 21.1 Å². The first-order valence-corrected chi connectivity index (χ1v) is 9.89. The van der Waals surface area contributed by atoms with Crippen LogP contribution >= 0.6 is 0 Å². The molecule has 0 radical (unpaired) electrons. The number of hydrogen-bond donors (Lipinski definition) is 3. The molecule has 33 heavy (non-hydrogen) atoms. The maximum Gasteiger partial charge on any atom is 0.261 e. The molecule has 0 atom stereocenters. The number of aromatic nitrogens is 3. The fourth-order valence-corrected chi connectivity index (χ4v) is 3.35. The lowest BCUT2D eigenvalue weighted by molar-refractivity contribution is -0.111. The van der Waals surface area contributed by atoms with Crippen molar-refractivity contribution in [3.63, 3.8) is 0 Å². The molecule has 9 nitrogen and oxygen atoms in total. The number of hydrogen-bond acceptors (Lipinski definition) is 7. The number of carbonyl (C=O) groups is 2. The van der Waals surface area contributed by atoms with Crippen molar-refractivity contribution in [2.24, 2.45) is 0 Å². The molecule has 0 aliphatic rings. The zero-order valence-corrected chi connectivity index (χ0v) is 17.7. The van der Waals surface area contributed by atoms with E-state index in [1.807, 2.05) is 6.07 Å². The minimum absolute atomic E-state index is 0.0774. The standard InChI is InChI=1S/C24H20N6O3/c1-3-20(31)29-17-10-9-16(22(25)21(17)24(32)30-19-6-4-5-11-26-19)23-15-8-7-14(33-2)12-18(15)27-13-28-23/h3-13H,1,25H2,2H3,(H,29,31)(H,26,30,32). The number of nitrogens with zero attached hydrogens (tertiary/aromatic N) is 3. The number of nitrogens with one attached hydrogen (secondary N) is 2. The van der Waals surface area contributed by atoms with E-state index in [-0.39, 0.29) is 16.9 Å². The van der Waals surface area contributed by atoms with Crippen LogP contribution in [0.5, 0.6) is 5.75 Å². The van der Waals surface area contributed by atoms with Gasteiger partial charge in [0.25, 0.3) is 5.91 Å². The maximum absolute atomic E-state index is 13.2.